The lowest BCUT2D eigenvalue weighted by Gasteiger charge is -1.99. The molecule has 0 aliphatic carbocycles. The largest absolute Gasteiger partial charge is 0.329 e. The number of nitrogens with one attached hydrogen (secondary N) is 2. The molecule has 16 heavy (non-hydrogen) atoms. The van der Waals surface area contributed by atoms with E-state index in [0.29, 0.717) is 10.9 Å². The first-order chi connectivity index (χ1) is 7.75. The molecule has 0 radical (unpaired) electrons. The fourth-order valence-corrected chi connectivity index (χ4v) is 1.90. The van der Waals surface area contributed by atoms with Crippen LogP contribution in [-0.2, 0) is 5.75 Å². The van der Waals surface area contributed by atoms with E-state index in [1.807, 2.05) is 30.3 Å². The van der Waals surface area contributed by atoms with Gasteiger partial charge in [-0.15, -0.1) is 5.10 Å². The van der Waals surface area contributed by atoms with Crippen molar-refractivity contribution in [1.29, 1.82) is 0 Å². The van der Waals surface area contributed by atoms with Crippen molar-refractivity contribution in [3.63, 3.8) is 0 Å². The molecule has 0 aliphatic rings. The minimum absolute atomic E-state index is 0.411. The molecule has 0 spiro atoms. The monoisotopic (exact) mass is 235 g/mol. The van der Waals surface area contributed by atoms with Gasteiger partial charge in [0.05, 0.1) is 0 Å². The molecule has 2 N–H and O–H groups in total. The summed E-state index contributed by atoms with van der Waals surface area (Å²) in [5, 5.41) is 6.27. The van der Waals surface area contributed by atoms with Crippen molar-refractivity contribution in [3.05, 3.63) is 56.6 Å². The Kier molecular flexibility index (Phi) is 3.21. The molecule has 5 nitrogen and oxygen atoms in total. The fraction of sp³-hybridized carbons (Fsp3) is 0.100. The summed E-state index contributed by atoms with van der Waals surface area (Å²) >= 11 is 1.36. The molecule has 2 aromatic rings. The zero-order chi connectivity index (χ0) is 11.4. The second-order valence-corrected chi connectivity index (χ2v) is 4.05. The van der Waals surface area contributed by atoms with Crippen LogP contribution in [0.4, 0.5) is 0 Å². The normalized spacial score (nSPS) is 10.2. The van der Waals surface area contributed by atoms with Gasteiger partial charge in [-0.3, -0.25) is 14.6 Å². The number of thioether (sulfide) groups is 1. The van der Waals surface area contributed by atoms with E-state index in [1.165, 1.54) is 11.8 Å². The number of hydrogen-bond donors (Lipinski definition) is 2. The highest BCUT2D eigenvalue weighted by Crippen LogP contribution is 2.16. The maximum atomic E-state index is 11.0. The molecule has 0 saturated heterocycles. The predicted octanol–water partition coefficient (Wildman–Crippen LogP) is 0.750. The van der Waals surface area contributed by atoms with E-state index < -0.39 is 11.1 Å². The molecular formula is C10H9N3O2S. The Balaban J connectivity index is 2.08. The molecule has 0 fully saturated rings. The first-order valence-electron chi connectivity index (χ1n) is 4.61. The van der Waals surface area contributed by atoms with Crippen LogP contribution in [0.15, 0.2) is 45.1 Å². The van der Waals surface area contributed by atoms with E-state index in [2.05, 4.69) is 15.2 Å². The van der Waals surface area contributed by atoms with Crippen LogP contribution in [0.1, 0.15) is 5.56 Å². The summed E-state index contributed by atoms with van der Waals surface area (Å²) in [6.45, 7) is 0. The molecule has 0 bridgehead atoms. The molecule has 2 rings (SSSR count). The zero-order valence-electron chi connectivity index (χ0n) is 8.27. The Morgan fingerprint density at radius 2 is 1.88 bits per heavy atom. The number of H-pyrrole nitrogens is 2. The molecule has 1 aromatic carbocycles. The molecule has 1 heterocycles. The molecule has 0 atom stereocenters. The van der Waals surface area contributed by atoms with Crippen molar-refractivity contribution in [1.82, 2.24) is 15.2 Å². The molecule has 0 unspecified atom stereocenters. The van der Waals surface area contributed by atoms with E-state index in [4.69, 9.17) is 0 Å². The standard InChI is InChI=1S/C10H9N3O2S/c14-8-9(15)12-13-10(11-8)16-6-7-4-2-1-3-5-7/h1-5H,6H2,(H,12,15)(H,11,13,14). The van der Waals surface area contributed by atoms with Crippen LogP contribution >= 0.6 is 11.8 Å². The minimum atomic E-state index is -0.732. The smallest absolute Gasteiger partial charge is 0.295 e. The van der Waals surface area contributed by atoms with Gasteiger partial charge in [0.15, 0.2) is 5.16 Å². The lowest BCUT2D eigenvalue weighted by atomic mass is 10.2. The first-order valence-corrected chi connectivity index (χ1v) is 5.60. The predicted molar refractivity (Wildman–Crippen MR) is 61.5 cm³/mol. The summed E-state index contributed by atoms with van der Waals surface area (Å²) in [7, 11) is 0. The van der Waals surface area contributed by atoms with Crippen molar-refractivity contribution >= 4 is 11.8 Å². The topological polar surface area (TPSA) is 78.6 Å². The van der Waals surface area contributed by atoms with Crippen molar-refractivity contribution in [2.75, 3.05) is 0 Å². The number of aromatic amines is 2. The van der Waals surface area contributed by atoms with Crippen molar-refractivity contribution in [2.45, 2.75) is 10.9 Å². The SMILES string of the molecule is O=c1[nH]nc(SCc2ccccc2)[nH]c1=O. The van der Waals surface area contributed by atoms with Gasteiger partial charge in [0.2, 0.25) is 0 Å². The van der Waals surface area contributed by atoms with Crippen molar-refractivity contribution in [2.24, 2.45) is 0 Å². The quantitative estimate of drug-likeness (QED) is 0.608. The van der Waals surface area contributed by atoms with E-state index in [1.54, 1.807) is 0 Å². The summed E-state index contributed by atoms with van der Waals surface area (Å²) in [5.74, 6) is 0.690. The van der Waals surface area contributed by atoms with Gasteiger partial charge < -0.3 is 0 Å². The molecule has 6 heteroatoms. The lowest BCUT2D eigenvalue weighted by Crippen LogP contribution is -2.30. The molecule has 0 aliphatic heterocycles. The third kappa shape index (κ3) is 2.60. The van der Waals surface area contributed by atoms with Gasteiger partial charge in [0.1, 0.15) is 0 Å². The first kappa shape index (κ1) is 10.7. The Morgan fingerprint density at radius 3 is 2.56 bits per heavy atom. The van der Waals surface area contributed by atoms with Crippen LogP contribution < -0.4 is 11.1 Å². The van der Waals surface area contributed by atoms with Gasteiger partial charge in [-0.05, 0) is 5.56 Å². The van der Waals surface area contributed by atoms with Gasteiger partial charge in [0.25, 0.3) is 0 Å². The molecule has 82 valence electrons. The average molecular weight is 235 g/mol. The van der Waals surface area contributed by atoms with E-state index in [0.717, 1.165) is 5.56 Å². The summed E-state index contributed by atoms with van der Waals surface area (Å²) in [4.78, 5) is 24.2. The summed E-state index contributed by atoms with van der Waals surface area (Å²) in [6.07, 6.45) is 0. The van der Waals surface area contributed by atoms with Crippen LogP contribution in [0.25, 0.3) is 0 Å². The second kappa shape index (κ2) is 4.80. The Morgan fingerprint density at radius 1 is 1.12 bits per heavy atom. The van der Waals surface area contributed by atoms with E-state index in [-0.39, 0.29) is 0 Å². The highest BCUT2D eigenvalue weighted by atomic mass is 32.2. The van der Waals surface area contributed by atoms with Crippen LogP contribution in [0.3, 0.4) is 0 Å². The van der Waals surface area contributed by atoms with E-state index >= 15 is 0 Å². The fourth-order valence-electron chi connectivity index (χ4n) is 1.13. The number of rotatable bonds is 3. The average Bonchev–Trinajstić information content (AvgIpc) is 2.32. The summed E-state index contributed by atoms with van der Waals surface area (Å²) in [6, 6.07) is 9.79. The molecule has 0 amide bonds. The summed E-state index contributed by atoms with van der Waals surface area (Å²) < 4.78 is 0. The molecule has 0 saturated carbocycles. The Labute approximate surface area is 94.9 Å². The van der Waals surface area contributed by atoms with Gasteiger partial charge in [0, 0.05) is 5.75 Å². The van der Waals surface area contributed by atoms with Crippen LogP contribution in [-0.4, -0.2) is 15.2 Å². The third-order valence-corrected chi connectivity index (χ3v) is 2.85. The Bertz CT molecular complexity index is 576. The number of aromatic nitrogens is 3. The van der Waals surface area contributed by atoms with Crippen LogP contribution in [0, 0.1) is 0 Å². The molecular weight excluding hydrogens is 226 g/mol. The van der Waals surface area contributed by atoms with Gasteiger partial charge in [-0.1, -0.05) is 42.1 Å². The third-order valence-electron chi connectivity index (χ3n) is 1.90. The van der Waals surface area contributed by atoms with Crippen LogP contribution in [0.2, 0.25) is 0 Å². The summed E-state index contributed by atoms with van der Waals surface area (Å²) in [5.41, 5.74) is -0.282. The lowest BCUT2D eigenvalue weighted by molar-refractivity contribution is 0.790. The highest BCUT2D eigenvalue weighted by Gasteiger charge is 2.00. The maximum Gasteiger partial charge on any atom is 0.329 e. The number of nitrogens with zero attached hydrogens (tertiary/aromatic N) is 1. The van der Waals surface area contributed by atoms with Gasteiger partial charge in [-0.25, -0.2) is 5.10 Å². The van der Waals surface area contributed by atoms with Crippen molar-refractivity contribution in [3.8, 4) is 0 Å². The zero-order valence-corrected chi connectivity index (χ0v) is 9.08. The van der Waals surface area contributed by atoms with E-state index in [9.17, 15) is 9.59 Å². The van der Waals surface area contributed by atoms with Gasteiger partial charge >= 0.3 is 11.1 Å². The Hall–Kier alpha value is -1.82. The second-order valence-electron chi connectivity index (χ2n) is 3.09. The van der Waals surface area contributed by atoms with Gasteiger partial charge in [-0.2, -0.15) is 0 Å². The number of benzene rings is 1. The highest BCUT2D eigenvalue weighted by molar-refractivity contribution is 7.98. The maximum absolute atomic E-state index is 11.0. The minimum Gasteiger partial charge on any atom is -0.295 e. The molecule has 1 aromatic heterocycles. The van der Waals surface area contributed by atoms with Crippen LogP contribution in [0.5, 0.6) is 0 Å². The van der Waals surface area contributed by atoms with Crippen molar-refractivity contribution < 1.29 is 0 Å². The number of hydrogen-bond acceptors (Lipinski definition) is 4.